The van der Waals surface area contributed by atoms with E-state index in [1.165, 1.54) is 141 Å². The highest BCUT2D eigenvalue weighted by molar-refractivity contribution is 5.70. The van der Waals surface area contributed by atoms with Crippen molar-refractivity contribution in [2.45, 2.75) is 238 Å². The molecule has 1 atom stereocenters. The van der Waals surface area contributed by atoms with Gasteiger partial charge in [0, 0.05) is 12.8 Å². The van der Waals surface area contributed by atoms with Gasteiger partial charge in [-0.15, -0.1) is 0 Å². The van der Waals surface area contributed by atoms with Crippen molar-refractivity contribution in [2.75, 3.05) is 13.2 Å². The zero-order valence-corrected chi connectivity index (χ0v) is 34.6. The van der Waals surface area contributed by atoms with E-state index in [1.54, 1.807) is 0 Å². The van der Waals surface area contributed by atoms with Crippen LogP contribution >= 0.6 is 0 Å². The van der Waals surface area contributed by atoms with Gasteiger partial charge in [0.25, 0.3) is 0 Å². The van der Waals surface area contributed by atoms with Crippen LogP contribution in [0.2, 0.25) is 0 Å². The van der Waals surface area contributed by atoms with E-state index < -0.39 is 6.10 Å². The van der Waals surface area contributed by atoms with Crippen LogP contribution in [0.4, 0.5) is 0 Å². The Bertz CT molecular complexity index is 832. The molecule has 0 bridgehead atoms. The molecule has 5 nitrogen and oxygen atoms in total. The van der Waals surface area contributed by atoms with Crippen molar-refractivity contribution in [3.8, 4) is 0 Å². The average Bonchev–Trinajstić information content (AvgIpc) is 3.15. The molecule has 0 rings (SSSR count). The van der Waals surface area contributed by atoms with Gasteiger partial charge in [-0.3, -0.25) is 9.59 Å². The minimum absolute atomic E-state index is 0.0666. The molecule has 0 saturated heterocycles. The Balaban J connectivity index is 3.49. The number of aliphatic hydroxyl groups is 1. The molecule has 0 aromatic heterocycles. The van der Waals surface area contributed by atoms with Crippen LogP contribution < -0.4 is 0 Å². The Morgan fingerprint density at radius 1 is 0.462 bits per heavy atom. The van der Waals surface area contributed by atoms with Crippen molar-refractivity contribution >= 4 is 11.9 Å². The molecular weight excluding hydrogens is 645 g/mol. The Kier molecular flexibility index (Phi) is 42.0. The molecule has 0 aliphatic heterocycles. The van der Waals surface area contributed by atoms with Crippen LogP contribution in [0.1, 0.15) is 232 Å². The van der Waals surface area contributed by atoms with Crippen molar-refractivity contribution in [1.82, 2.24) is 0 Å². The first-order valence-electron chi connectivity index (χ1n) is 22.5. The van der Waals surface area contributed by atoms with Gasteiger partial charge in [0.1, 0.15) is 6.61 Å². The van der Waals surface area contributed by atoms with Crippen LogP contribution in [0.15, 0.2) is 36.5 Å². The molecule has 0 aliphatic carbocycles. The molecule has 0 amide bonds. The quantitative estimate of drug-likeness (QED) is 0.0385. The first-order chi connectivity index (χ1) is 25.6. The SMILES string of the molecule is CC/C=C\C/C=C\C/C=C\CCCCCCCCCC(=O)OC(CO)COC(=O)CCCCCCCCCCCCCCCCCCCCCCC. The van der Waals surface area contributed by atoms with Gasteiger partial charge in [-0.2, -0.15) is 0 Å². The molecule has 0 aromatic carbocycles. The lowest BCUT2D eigenvalue weighted by Gasteiger charge is -2.15. The number of unbranched alkanes of at least 4 members (excludes halogenated alkanes) is 27. The lowest BCUT2D eigenvalue weighted by molar-refractivity contribution is -0.161. The van der Waals surface area contributed by atoms with Crippen LogP contribution in [0.5, 0.6) is 0 Å². The summed E-state index contributed by atoms with van der Waals surface area (Å²) in [5.41, 5.74) is 0. The first-order valence-corrected chi connectivity index (χ1v) is 22.5. The number of aliphatic hydroxyl groups excluding tert-OH is 1. The van der Waals surface area contributed by atoms with E-state index in [-0.39, 0.29) is 25.2 Å². The van der Waals surface area contributed by atoms with E-state index in [2.05, 4.69) is 50.3 Å². The Labute approximate surface area is 323 Å². The van der Waals surface area contributed by atoms with E-state index in [0.29, 0.717) is 12.8 Å². The zero-order chi connectivity index (χ0) is 37.8. The van der Waals surface area contributed by atoms with Crippen LogP contribution in [-0.4, -0.2) is 36.4 Å². The van der Waals surface area contributed by atoms with Crippen LogP contribution in [-0.2, 0) is 19.1 Å². The van der Waals surface area contributed by atoms with Crippen LogP contribution in [0.3, 0.4) is 0 Å². The molecule has 0 fully saturated rings. The number of hydrogen-bond donors (Lipinski definition) is 1. The highest BCUT2D eigenvalue weighted by Gasteiger charge is 2.16. The molecule has 1 unspecified atom stereocenters. The van der Waals surface area contributed by atoms with E-state index in [4.69, 9.17) is 9.47 Å². The highest BCUT2D eigenvalue weighted by atomic mass is 16.6. The third kappa shape index (κ3) is 40.9. The zero-order valence-electron chi connectivity index (χ0n) is 34.6. The molecule has 0 saturated carbocycles. The monoisotopic (exact) mass is 731 g/mol. The summed E-state index contributed by atoms with van der Waals surface area (Å²) < 4.78 is 10.6. The summed E-state index contributed by atoms with van der Waals surface area (Å²) in [6, 6.07) is 0. The standard InChI is InChI=1S/C47H86O5/c1-3-5-7-9-11-13-15-17-19-21-22-23-24-26-27-29-31-33-35-37-39-41-46(49)51-44-45(43-48)52-47(50)42-40-38-36-34-32-30-28-25-20-18-16-14-12-10-8-6-4-2/h6,8,12,14,18,20,45,48H,3-5,7,9-11,13,15-17,19,21-44H2,1-2H3/b8-6-,14-12-,20-18-. The number of carbonyl (C=O) groups excluding carboxylic acids is 2. The van der Waals surface area contributed by atoms with Gasteiger partial charge in [-0.05, 0) is 44.9 Å². The van der Waals surface area contributed by atoms with Gasteiger partial charge in [-0.25, -0.2) is 0 Å². The van der Waals surface area contributed by atoms with Crippen molar-refractivity contribution in [3.05, 3.63) is 36.5 Å². The van der Waals surface area contributed by atoms with E-state index in [0.717, 1.165) is 64.2 Å². The summed E-state index contributed by atoms with van der Waals surface area (Å²) in [6.45, 7) is 4.04. The predicted molar refractivity (Wildman–Crippen MR) is 224 cm³/mol. The summed E-state index contributed by atoms with van der Waals surface area (Å²) in [6.07, 6.45) is 53.6. The normalized spacial score (nSPS) is 12.4. The number of esters is 2. The molecule has 5 heteroatoms. The summed E-state index contributed by atoms with van der Waals surface area (Å²) in [5.74, 6) is -0.593. The van der Waals surface area contributed by atoms with E-state index in [1.807, 2.05) is 0 Å². The molecule has 304 valence electrons. The highest BCUT2D eigenvalue weighted by Crippen LogP contribution is 2.16. The van der Waals surface area contributed by atoms with Crippen molar-refractivity contribution in [2.24, 2.45) is 0 Å². The maximum atomic E-state index is 12.2. The van der Waals surface area contributed by atoms with Crippen molar-refractivity contribution < 1.29 is 24.2 Å². The second-order valence-electron chi connectivity index (χ2n) is 15.1. The third-order valence-electron chi connectivity index (χ3n) is 9.95. The summed E-state index contributed by atoms with van der Waals surface area (Å²) in [4.78, 5) is 24.3. The van der Waals surface area contributed by atoms with Gasteiger partial charge < -0.3 is 14.6 Å². The maximum Gasteiger partial charge on any atom is 0.306 e. The maximum absolute atomic E-state index is 12.2. The molecule has 0 spiro atoms. The predicted octanol–water partition coefficient (Wildman–Crippen LogP) is 14.4. The second-order valence-corrected chi connectivity index (χ2v) is 15.1. The van der Waals surface area contributed by atoms with E-state index in [9.17, 15) is 14.7 Å². The summed E-state index contributed by atoms with van der Waals surface area (Å²) in [5, 5.41) is 9.59. The van der Waals surface area contributed by atoms with Crippen molar-refractivity contribution in [1.29, 1.82) is 0 Å². The first kappa shape index (κ1) is 50.1. The van der Waals surface area contributed by atoms with E-state index >= 15 is 0 Å². The van der Waals surface area contributed by atoms with Crippen LogP contribution in [0.25, 0.3) is 0 Å². The molecule has 0 aliphatic rings. The Morgan fingerprint density at radius 3 is 1.25 bits per heavy atom. The molecule has 1 N–H and O–H groups in total. The number of hydrogen-bond acceptors (Lipinski definition) is 5. The van der Waals surface area contributed by atoms with Gasteiger partial charge >= 0.3 is 11.9 Å². The fourth-order valence-corrected chi connectivity index (χ4v) is 6.57. The number of rotatable bonds is 41. The summed E-state index contributed by atoms with van der Waals surface area (Å²) in [7, 11) is 0. The van der Waals surface area contributed by atoms with Gasteiger partial charge in [0.05, 0.1) is 6.61 Å². The number of allylic oxidation sites excluding steroid dienone is 6. The Morgan fingerprint density at radius 2 is 0.827 bits per heavy atom. The minimum Gasteiger partial charge on any atom is -0.462 e. The van der Waals surface area contributed by atoms with Gasteiger partial charge in [-0.1, -0.05) is 211 Å². The van der Waals surface area contributed by atoms with Gasteiger partial charge in [0.2, 0.25) is 0 Å². The molecule has 0 radical (unpaired) electrons. The van der Waals surface area contributed by atoms with Gasteiger partial charge in [0.15, 0.2) is 6.10 Å². The molecule has 0 aromatic rings. The molecular formula is C47H86O5. The fraction of sp³-hybridized carbons (Fsp3) is 0.830. The second kappa shape index (κ2) is 43.5. The van der Waals surface area contributed by atoms with Crippen LogP contribution in [0, 0.1) is 0 Å². The summed E-state index contributed by atoms with van der Waals surface area (Å²) >= 11 is 0. The lowest BCUT2D eigenvalue weighted by atomic mass is 10.0. The fourth-order valence-electron chi connectivity index (χ4n) is 6.57. The average molecular weight is 731 g/mol. The lowest BCUT2D eigenvalue weighted by Crippen LogP contribution is -2.28. The topological polar surface area (TPSA) is 72.8 Å². The third-order valence-corrected chi connectivity index (χ3v) is 9.95. The largest absolute Gasteiger partial charge is 0.462 e. The minimum atomic E-state index is -0.774. The smallest absolute Gasteiger partial charge is 0.306 e. The number of carbonyl (C=O) groups is 2. The molecule has 52 heavy (non-hydrogen) atoms. The molecule has 0 heterocycles. The number of ether oxygens (including phenoxy) is 2. The Hall–Kier alpha value is -1.88. The van der Waals surface area contributed by atoms with Crippen molar-refractivity contribution in [3.63, 3.8) is 0 Å².